The molecule has 1 atom stereocenters. The minimum atomic E-state index is -0.717. The van der Waals surface area contributed by atoms with E-state index in [1.54, 1.807) is 0 Å². The largest absolute Gasteiger partial charge is 0.392 e. The Morgan fingerprint density at radius 2 is 1.80 bits per heavy atom. The highest BCUT2D eigenvalue weighted by Gasteiger charge is 2.13. The van der Waals surface area contributed by atoms with Crippen LogP contribution in [0.15, 0.2) is 30.3 Å². The number of carbonyl (C=O) groups excluding carboxylic acids is 2. The molecular weight excluding hydrogens is 274 g/mol. The quantitative estimate of drug-likeness (QED) is 0.532. The summed E-state index contributed by atoms with van der Waals surface area (Å²) in [7, 11) is 0. The first-order valence-electron chi connectivity index (χ1n) is 6.40. The van der Waals surface area contributed by atoms with Crippen molar-refractivity contribution in [3.63, 3.8) is 0 Å². The summed E-state index contributed by atoms with van der Waals surface area (Å²) in [6, 6.07) is 10.0. The van der Waals surface area contributed by atoms with Crippen LogP contribution in [-0.2, 0) is 9.59 Å². The van der Waals surface area contributed by atoms with Crippen LogP contribution in [0.4, 0.5) is 0 Å². The lowest BCUT2D eigenvalue weighted by Crippen LogP contribution is -2.43. The second kappa shape index (κ2) is 8.27. The molecule has 0 aliphatic heterocycles. The SMILES string of the molecule is CC(CCNC(=O)C(=O)NCC(N)=S)c1ccccc1. The molecule has 5 nitrogen and oxygen atoms in total. The molecule has 108 valence electrons. The smallest absolute Gasteiger partial charge is 0.309 e. The Labute approximate surface area is 123 Å². The van der Waals surface area contributed by atoms with Gasteiger partial charge >= 0.3 is 11.8 Å². The molecule has 0 saturated heterocycles. The Balaban J connectivity index is 2.28. The molecule has 6 heteroatoms. The predicted molar refractivity (Wildman–Crippen MR) is 82.3 cm³/mol. The third-order valence-electron chi connectivity index (χ3n) is 2.86. The van der Waals surface area contributed by atoms with E-state index >= 15 is 0 Å². The molecule has 0 fully saturated rings. The van der Waals surface area contributed by atoms with Crippen LogP contribution in [0.1, 0.15) is 24.8 Å². The molecule has 0 heterocycles. The van der Waals surface area contributed by atoms with Crippen LogP contribution in [-0.4, -0.2) is 29.9 Å². The van der Waals surface area contributed by atoms with Crippen molar-refractivity contribution < 1.29 is 9.59 Å². The summed E-state index contributed by atoms with van der Waals surface area (Å²) in [4.78, 5) is 23.0. The summed E-state index contributed by atoms with van der Waals surface area (Å²) in [5.74, 6) is -1.07. The van der Waals surface area contributed by atoms with Crippen LogP contribution in [0.25, 0.3) is 0 Å². The molecule has 0 radical (unpaired) electrons. The van der Waals surface area contributed by atoms with E-state index in [9.17, 15) is 9.59 Å². The van der Waals surface area contributed by atoms with E-state index in [1.807, 2.05) is 30.3 Å². The molecule has 0 spiro atoms. The van der Waals surface area contributed by atoms with Gasteiger partial charge in [-0.2, -0.15) is 0 Å². The maximum atomic E-state index is 11.5. The third-order valence-corrected chi connectivity index (χ3v) is 3.01. The fraction of sp³-hybridized carbons (Fsp3) is 0.357. The second-order valence-corrected chi connectivity index (χ2v) is 5.03. The Hall–Kier alpha value is -1.95. The van der Waals surface area contributed by atoms with Crippen LogP contribution in [0.3, 0.4) is 0 Å². The first-order valence-corrected chi connectivity index (χ1v) is 6.80. The standard InChI is InChI=1S/C14H19N3O2S/c1-10(11-5-3-2-4-6-11)7-8-16-13(18)14(19)17-9-12(15)20/h2-6,10H,7-9H2,1H3,(H2,15,20)(H,16,18)(H,17,19). The minimum Gasteiger partial charge on any atom is -0.392 e. The maximum Gasteiger partial charge on any atom is 0.309 e. The first-order chi connectivity index (χ1) is 9.50. The number of rotatable bonds is 6. The van der Waals surface area contributed by atoms with Crippen LogP contribution in [0, 0.1) is 0 Å². The van der Waals surface area contributed by atoms with E-state index < -0.39 is 11.8 Å². The average Bonchev–Trinajstić information content (AvgIpc) is 2.45. The zero-order valence-corrected chi connectivity index (χ0v) is 12.2. The fourth-order valence-corrected chi connectivity index (χ4v) is 1.75. The fourth-order valence-electron chi connectivity index (χ4n) is 1.68. The van der Waals surface area contributed by atoms with E-state index in [-0.39, 0.29) is 11.5 Å². The summed E-state index contributed by atoms with van der Waals surface area (Å²) >= 11 is 4.61. The highest BCUT2D eigenvalue weighted by atomic mass is 32.1. The van der Waals surface area contributed by atoms with E-state index in [2.05, 4.69) is 29.8 Å². The van der Waals surface area contributed by atoms with Crippen molar-refractivity contribution in [1.82, 2.24) is 10.6 Å². The van der Waals surface area contributed by atoms with Crippen molar-refractivity contribution in [3.8, 4) is 0 Å². The number of amides is 2. The van der Waals surface area contributed by atoms with Gasteiger partial charge in [0.15, 0.2) is 0 Å². The Kier molecular flexibility index (Phi) is 6.66. The van der Waals surface area contributed by atoms with Gasteiger partial charge in [-0.25, -0.2) is 0 Å². The molecule has 1 unspecified atom stereocenters. The molecular formula is C14H19N3O2S. The van der Waals surface area contributed by atoms with Crippen LogP contribution < -0.4 is 16.4 Å². The van der Waals surface area contributed by atoms with Gasteiger partial charge in [0.2, 0.25) is 0 Å². The maximum absolute atomic E-state index is 11.5. The average molecular weight is 293 g/mol. The lowest BCUT2D eigenvalue weighted by atomic mass is 9.98. The molecule has 0 aliphatic rings. The zero-order chi connectivity index (χ0) is 15.0. The van der Waals surface area contributed by atoms with Gasteiger partial charge in [-0.05, 0) is 17.9 Å². The van der Waals surface area contributed by atoms with Crippen LogP contribution in [0.5, 0.6) is 0 Å². The van der Waals surface area contributed by atoms with Crippen LogP contribution in [0.2, 0.25) is 0 Å². The predicted octanol–water partition coefficient (Wildman–Crippen LogP) is 0.699. The number of benzene rings is 1. The minimum absolute atomic E-state index is 0.0298. The van der Waals surface area contributed by atoms with Crippen LogP contribution >= 0.6 is 12.2 Å². The van der Waals surface area contributed by atoms with Gasteiger partial charge in [0.05, 0.1) is 11.5 Å². The first kappa shape index (κ1) is 16.1. The van der Waals surface area contributed by atoms with Crippen molar-refractivity contribution in [2.24, 2.45) is 5.73 Å². The van der Waals surface area contributed by atoms with Gasteiger partial charge in [0, 0.05) is 6.54 Å². The topological polar surface area (TPSA) is 84.2 Å². The molecule has 0 aromatic heterocycles. The van der Waals surface area contributed by atoms with Crippen molar-refractivity contribution >= 4 is 29.0 Å². The molecule has 0 aliphatic carbocycles. The number of hydrogen-bond donors (Lipinski definition) is 3. The van der Waals surface area contributed by atoms with Gasteiger partial charge in [-0.3, -0.25) is 9.59 Å². The Morgan fingerprint density at radius 1 is 1.20 bits per heavy atom. The van der Waals surface area contributed by atoms with Gasteiger partial charge < -0.3 is 16.4 Å². The second-order valence-electron chi connectivity index (χ2n) is 4.51. The number of carbonyl (C=O) groups is 2. The summed E-state index contributed by atoms with van der Waals surface area (Å²) in [5.41, 5.74) is 6.44. The zero-order valence-electron chi connectivity index (χ0n) is 11.4. The molecule has 0 saturated carbocycles. The summed E-state index contributed by atoms with van der Waals surface area (Å²) in [6.45, 7) is 2.55. The normalized spacial score (nSPS) is 11.4. The van der Waals surface area contributed by atoms with Gasteiger partial charge in [-0.1, -0.05) is 49.5 Å². The third kappa shape index (κ3) is 5.79. The van der Waals surface area contributed by atoms with E-state index in [0.717, 1.165) is 6.42 Å². The Bertz CT molecular complexity index is 477. The molecule has 1 rings (SSSR count). The summed E-state index contributed by atoms with van der Waals surface area (Å²) in [6.07, 6.45) is 0.762. The number of thiocarbonyl (C=S) groups is 1. The highest BCUT2D eigenvalue weighted by Crippen LogP contribution is 2.17. The van der Waals surface area contributed by atoms with Gasteiger partial charge in [-0.15, -0.1) is 0 Å². The van der Waals surface area contributed by atoms with Gasteiger partial charge in [0.25, 0.3) is 0 Å². The molecule has 4 N–H and O–H groups in total. The molecule has 1 aromatic carbocycles. The Morgan fingerprint density at radius 3 is 2.40 bits per heavy atom. The van der Waals surface area contributed by atoms with Gasteiger partial charge in [0.1, 0.15) is 0 Å². The molecule has 2 amide bonds. The molecule has 1 aromatic rings. The monoisotopic (exact) mass is 293 g/mol. The molecule has 0 bridgehead atoms. The highest BCUT2D eigenvalue weighted by molar-refractivity contribution is 7.80. The van der Waals surface area contributed by atoms with E-state index in [0.29, 0.717) is 12.5 Å². The van der Waals surface area contributed by atoms with Crippen molar-refractivity contribution in [1.29, 1.82) is 0 Å². The molecule has 20 heavy (non-hydrogen) atoms. The lowest BCUT2D eigenvalue weighted by Gasteiger charge is -2.12. The van der Waals surface area contributed by atoms with Crippen molar-refractivity contribution in [2.45, 2.75) is 19.3 Å². The van der Waals surface area contributed by atoms with E-state index in [1.165, 1.54) is 5.56 Å². The number of nitrogens with two attached hydrogens (primary N) is 1. The van der Waals surface area contributed by atoms with Crippen molar-refractivity contribution in [2.75, 3.05) is 13.1 Å². The van der Waals surface area contributed by atoms with E-state index in [4.69, 9.17) is 5.73 Å². The lowest BCUT2D eigenvalue weighted by molar-refractivity contribution is -0.139. The number of hydrogen-bond acceptors (Lipinski definition) is 3. The van der Waals surface area contributed by atoms with Crippen molar-refractivity contribution in [3.05, 3.63) is 35.9 Å². The summed E-state index contributed by atoms with van der Waals surface area (Å²) in [5, 5.41) is 4.91. The summed E-state index contributed by atoms with van der Waals surface area (Å²) < 4.78 is 0. The number of nitrogens with one attached hydrogen (secondary N) is 2.